The SMILES string of the molecule is CC(NC(=O)c1coc(COc2ccc3c(c2)OCO3)n1)c1ncc[nH]1. The minimum atomic E-state index is -0.355. The summed E-state index contributed by atoms with van der Waals surface area (Å²) < 4.78 is 21.4. The number of H-pyrrole nitrogens is 1. The number of hydrogen-bond donors (Lipinski definition) is 2. The van der Waals surface area contributed by atoms with Crippen LogP contribution in [-0.2, 0) is 6.61 Å². The lowest BCUT2D eigenvalue weighted by molar-refractivity contribution is 0.0933. The molecule has 0 fully saturated rings. The third-order valence-corrected chi connectivity index (χ3v) is 3.77. The molecule has 134 valence electrons. The number of amides is 1. The molecule has 0 saturated heterocycles. The Kier molecular flexibility index (Phi) is 4.18. The third kappa shape index (κ3) is 3.32. The molecule has 1 atom stereocenters. The Morgan fingerprint density at radius 1 is 1.38 bits per heavy atom. The minimum absolute atomic E-state index is 0.0840. The first-order chi connectivity index (χ1) is 12.7. The van der Waals surface area contributed by atoms with Crippen LogP contribution in [0.25, 0.3) is 0 Å². The van der Waals surface area contributed by atoms with E-state index in [1.54, 1.807) is 30.6 Å². The first-order valence-electron chi connectivity index (χ1n) is 7.96. The van der Waals surface area contributed by atoms with Gasteiger partial charge in [0.25, 0.3) is 5.91 Å². The summed E-state index contributed by atoms with van der Waals surface area (Å²) in [5.74, 6) is 2.49. The highest BCUT2D eigenvalue weighted by molar-refractivity contribution is 5.92. The van der Waals surface area contributed by atoms with Gasteiger partial charge in [-0.2, -0.15) is 0 Å². The van der Waals surface area contributed by atoms with E-state index in [2.05, 4.69) is 20.3 Å². The fourth-order valence-electron chi connectivity index (χ4n) is 2.45. The molecule has 26 heavy (non-hydrogen) atoms. The molecular weight excluding hydrogens is 340 g/mol. The molecule has 2 N–H and O–H groups in total. The van der Waals surface area contributed by atoms with E-state index < -0.39 is 0 Å². The molecule has 4 rings (SSSR count). The van der Waals surface area contributed by atoms with Crippen LogP contribution in [-0.4, -0.2) is 27.7 Å². The van der Waals surface area contributed by atoms with Crippen molar-refractivity contribution in [3.05, 3.63) is 54.3 Å². The van der Waals surface area contributed by atoms with Gasteiger partial charge in [0, 0.05) is 18.5 Å². The monoisotopic (exact) mass is 356 g/mol. The Hall–Kier alpha value is -3.49. The molecule has 0 aliphatic carbocycles. The molecule has 1 amide bonds. The number of nitrogens with one attached hydrogen (secondary N) is 2. The number of oxazole rings is 1. The van der Waals surface area contributed by atoms with Crippen LogP contribution in [0.5, 0.6) is 17.2 Å². The zero-order valence-electron chi connectivity index (χ0n) is 13.9. The van der Waals surface area contributed by atoms with Crippen LogP contribution in [0.4, 0.5) is 0 Å². The van der Waals surface area contributed by atoms with Gasteiger partial charge in [-0.05, 0) is 19.1 Å². The summed E-state index contributed by atoms with van der Waals surface area (Å²) in [6.45, 7) is 2.11. The fraction of sp³-hybridized carbons (Fsp3) is 0.235. The van der Waals surface area contributed by atoms with Gasteiger partial charge < -0.3 is 28.9 Å². The number of carbonyl (C=O) groups is 1. The number of imidazole rings is 1. The lowest BCUT2D eigenvalue weighted by Gasteiger charge is -2.09. The molecule has 3 heterocycles. The van der Waals surface area contributed by atoms with Crippen molar-refractivity contribution in [1.82, 2.24) is 20.3 Å². The van der Waals surface area contributed by atoms with Gasteiger partial charge in [0.2, 0.25) is 12.7 Å². The molecule has 0 radical (unpaired) electrons. The Bertz CT molecular complexity index is 906. The zero-order chi connectivity index (χ0) is 17.9. The molecule has 1 unspecified atom stereocenters. The molecular formula is C17H16N4O5. The summed E-state index contributed by atoms with van der Waals surface area (Å²) in [6.07, 6.45) is 4.61. The highest BCUT2D eigenvalue weighted by atomic mass is 16.7. The second-order valence-corrected chi connectivity index (χ2v) is 5.60. The highest BCUT2D eigenvalue weighted by Gasteiger charge is 2.18. The Morgan fingerprint density at radius 2 is 2.27 bits per heavy atom. The van der Waals surface area contributed by atoms with Gasteiger partial charge in [-0.1, -0.05) is 0 Å². The van der Waals surface area contributed by atoms with Crippen LogP contribution in [0.3, 0.4) is 0 Å². The van der Waals surface area contributed by atoms with Gasteiger partial charge in [0.15, 0.2) is 23.8 Å². The van der Waals surface area contributed by atoms with E-state index in [-0.39, 0.29) is 31.0 Å². The molecule has 1 aliphatic heterocycles. The summed E-state index contributed by atoms with van der Waals surface area (Å²) >= 11 is 0. The van der Waals surface area contributed by atoms with E-state index in [0.717, 1.165) is 0 Å². The van der Waals surface area contributed by atoms with Gasteiger partial charge in [-0.25, -0.2) is 9.97 Å². The van der Waals surface area contributed by atoms with Crippen molar-refractivity contribution < 1.29 is 23.4 Å². The van der Waals surface area contributed by atoms with Crippen molar-refractivity contribution >= 4 is 5.91 Å². The third-order valence-electron chi connectivity index (χ3n) is 3.77. The minimum Gasteiger partial charge on any atom is -0.484 e. The number of fused-ring (bicyclic) bond motifs is 1. The van der Waals surface area contributed by atoms with Crippen molar-refractivity contribution in [1.29, 1.82) is 0 Å². The van der Waals surface area contributed by atoms with E-state index in [9.17, 15) is 4.79 Å². The molecule has 2 aromatic heterocycles. The first kappa shape index (κ1) is 16.0. The maximum absolute atomic E-state index is 12.2. The quantitative estimate of drug-likeness (QED) is 0.696. The summed E-state index contributed by atoms with van der Waals surface area (Å²) in [5.41, 5.74) is 0.174. The maximum Gasteiger partial charge on any atom is 0.273 e. The molecule has 3 aromatic rings. The van der Waals surface area contributed by atoms with Crippen LogP contribution in [0.2, 0.25) is 0 Å². The van der Waals surface area contributed by atoms with E-state index in [1.165, 1.54) is 6.26 Å². The number of carbonyl (C=O) groups excluding carboxylic acids is 1. The van der Waals surface area contributed by atoms with E-state index >= 15 is 0 Å². The van der Waals surface area contributed by atoms with Gasteiger partial charge in [-0.15, -0.1) is 0 Å². The predicted molar refractivity (Wildman–Crippen MR) is 87.9 cm³/mol. The predicted octanol–water partition coefficient (Wildman–Crippen LogP) is 2.20. The van der Waals surface area contributed by atoms with Crippen LogP contribution in [0, 0.1) is 0 Å². The molecule has 0 saturated carbocycles. The highest BCUT2D eigenvalue weighted by Crippen LogP contribution is 2.35. The van der Waals surface area contributed by atoms with Crippen LogP contribution in [0.1, 0.15) is 35.2 Å². The molecule has 1 aromatic carbocycles. The van der Waals surface area contributed by atoms with E-state index in [1.807, 2.05) is 6.92 Å². The topological polar surface area (TPSA) is 112 Å². The Labute approximate surface area is 148 Å². The molecule has 9 heteroatoms. The van der Waals surface area contributed by atoms with Crippen LogP contribution >= 0.6 is 0 Å². The van der Waals surface area contributed by atoms with Gasteiger partial charge in [0.1, 0.15) is 17.8 Å². The second kappa shape index (κ2) is 6.79. The maximum atomic E-state index is 12.2. The average Bonchev–Trinajstić information content (AvgIpc) is 3.40. The summed E-state index contributed by atoms with van der Waals surface area (Å²) in [7, 11) is 0. The number of benzene rings is 1. The molecule has 0 bridgehead atoms. The number of rotatable bonds is 6. The molecule has 1 aliphatic rings. The van der Waals surface area contributed by atoms with E-state index in [4.69, 9.17) is 18.6 Å². The summed E-state index contributed by atoms with van der Waals surface area (Å²) in [5, 5.41) is 2.79. The first-order valence-corrected chi connectivity index (χ1v) is 7.96. The normalized spacial score (nSPS) is 13.4. The standard InChI is InChI=1S/C17H16N4O5/c1-10(16-18-4-5-19-16)20-17(22)12-7-24-15(21-12)8-23-11-2-3-13-14(6-11)26-9-25-13/h2-7,10H,8-9H2,1H3,(H,18,19)(H,20,22). The lowest BCUT2D eigenvalue weighted by Crippen LogP contribution is -2.27. The Morgan fingerprint density at radius 3 is 3.12 bits per heavy atom. The van der Waals surface area contributed by atoms with Crippen LogP contribution < -0.4 is 19.5 Å². The number of hydrogen-bond acceptors (Lipinski definition) is 7. The number of aromatic nitrogens is 3. The van der Waals surface area contributed by atoms with Crippen molar-refractivity contribution in [3.63, 3.8) is 0 Å². The summed E-state index contributed by atoms with van der Waals surface area (Å²) in [6, 6.07) is 4.98. The zero-order valence-corrected chi connectivity index (χ0v) is 13.9. The summed E-state index contributed by atoms with van der Waals surface area (Å²) in [4.78, 5) is 23.4. The number of aromatic amines is 1. The van der Waals surface area contributed by atoms with Gasteiger partial charge in [0.05, 0.1) is 6.04 Å². The lowest BCUT2D eigenvalue weighted by atomic mass is 10.3. The van der Waals surface area contributed by atoms with Crippen LogP contribution in [0.15, 0.2) is 41.3 Å². The van der Waals surface area contributed by atoms with E-state index in [0.29, 0.717) is 29.0 Å². The molecule has 9 nitrogen and oxygen atoms in total. The fourth-order valence-corrected chi connectivity index (χ4v) is 2.45. The van der Waals surface area contributed by atoms with Crippen molar-refractivity contribution in [2.24, 2.45) is 0 Å². The van der Waals surface area contributed by atoms with Crippen molar-refractivity contribution in [2.75, 3.05) is 6.79 Å². The second-order valence-electron chi connectivity index (χ2n) is 5.60. The largest absolute Gasteiger partial charge is 0.484 e. The Balaban J connectivity index is 1.35. The van der Waals surface area contributed by atoms with Gasteiger partial charge in [-0.3, -0.25) is 4.79 Å². The average molecular weight is 356 g/mol. The smallest absolute Gasteiger partial charge is 0.273 e. The number of ether oxygens (including phenoxy) is 3. The van der Waals surface area contributed by atoms with Gasteiger partial charge >= 0.3 is 0 Å². The number of nitrogens with zero attached hydrogens (tertiary/aromatic N) is 2. The van der Waals surface area contributed by atoms with Crippen molar-refractivity contribution in [2.45, 2.75) is 19.6 Å². The van der Waals surface area contributed by atoms with Crippen molar-refractivity contribution in [3.8, 4) is 17.2 Å². The molecule has 0 spiro atoms.